The maximum absolute atomic E-state index is 12.9. The number of methoxy groups -OCH3 is 1. The van der Waals surface area contributed by atoms with Gasteiger partial charge in [0.05, 0.1) is 18.3 Å². The number of aliphatic hydroxyl groups excluding tert-OH is 4. The topological polar surface area (TPSA) is 161 Å². The summed E-state index contributed by atoms with van der Waals surface area (Å²) >= 11 is 0. The fourth-order valence-corrected chi connectivity index (χ4v) is 12.1. The third-order valence-electron chi connectivity index (χ3n) is 15.0. The average Bonchev–Trinajstić information content (AvgIpc) is 3.59. The Balaban J connectivity index is 1.33. The number of fused-ring (bicyclic) bond motifs is 6. The normalized spacial score (nSPS) is 36.5. The summed E-state index contributed by atoms with van der Waals surface area (Å²) in [7, 11) is 3.58. The highest BCUT2D eigenvalue weighted by molar-refractivity contribution is 5.74. The summed E-state index contributed by atoms with van der Waals surface area (Å²) in [6.45, 7) is 9.36. The SMILES string of the molecule is C=C(C=CC=C(COCO)C1CCC2(C1O)C1C(=C(C)C=O)C(C=CC1CCO)CC2(O)CCNC)C1Cc2cccc(c2)CC(C)(CCOC)NC(O)C2=CC1CCC2. The Kier molecular flexibility index (Phi) is 15.8. The number of rotatable bonds is 16. The molecule has 1 spiro atoms. The number of hydrogen-bond donors (Lipinski definition) is 7. The summed E-state index contributed by atoms with van der Waals surface area (Å²) in [6.07, 6.45) is 19.2. The van der Waals surface area contributed by atoms with Crippen LogP contribution in [-0.4, -0.2) is 103 Å². The maximum Gasteiger partial charge on any atom is 0.145 e. The molecule has 1 heterocycles. The molecule has 0 saturated heterocycles. The van der Waals surface area contributed by atoms with Crippen LogP contribution in [0.3, 0.4) is 0 Å². The Morgan fingerprint density at radius 1 is 1.12 bits per heavy atom. The first-order valence-corrected chi connectivity index (χ1v) is 22.3. The van der Waals surface area contributed by atoms with Gasteiger partial charge in [0, 0.05) is 43.1 Å². The molecule has 7 N–H and O–H groups in total. The molecule has 10 nitrogen and oxygen atoms in total. The van der Waals surface area contributed by atoms with Gasteiger partial charge in [-0.1, -0.05) is 78.4 Å². The van der Waals surface area contributed by atoms with Gasteiger partial charge >= 0.3 is 0 Å². The standard InChI is InChI=1S/C50H72N2O8/c1-33(43-26-35-10-7-11-36(25-35)28-48(3,21-24-59-5)52-47(57)39-13-8-12-38(43)27-39)9-6-14-41(31-60-32-55)42-17-19-50(46(42)56)45-37(18-23-53)15-16-40(44(45)34(2)30-54)29-49(50,58)20-22-51-4/h6-7,9-11,14-16,25,27,30,37-38,40,42-43,45-47,51-53,55-58H,1,8,12-13,17-24,26,28-29,31-32H2,2-5H3. The zero-order valence-corrected chi connectivity index (χ0v) is 36.5. The number of benzene rings is 1. The molecule has 2 fully saturated rings. The van der Waals surface area contributed by atoms with Crippen LogP contribution in [-0.2, 0) is 27.1 Å². The molecule has 6 rings (SSSR count). The molecule has 2 saturated carbocycles. The number of carbonyl (C=O) groups excluding carboxylic acids is 1. The highest BCUT2D eigenvalue weighted by Crippen LogP contribution is 2.67. The van der Waals surface area contributed by atoms with E-state index in [0.29, 0.717) is 50.8 Å². The molecule has 1 aromatic rings. The van der Waals surface area contributed by atoms with Crippen LogP contribution < -0.4 is 10.6 Å². The number of ether oxygens (including phenoxy) is 2. The van der Waals surface area contributed by atoms with E-state index in [4.69, 9.17) is 9.47 Å². The van der Waals surface area contributed by atoms with Crippen molar-refractivity contribution in [1.29, 1.82) is 0 Å². The summed E-state index contributed by atoms with van der Waals surface area (Å²) in [6, 6.07) is 8.76. The fraction of sp³-hybridized carbons (Fsp3) is 0.620. The van der Waals surface area contributed by atoms with E-state index in [9.17, 15) is 30.3 Å². The molecule has 1 aliphatic heterocycles. The van der Waals surface area contributed by atoms with Gasteiger partial charge in [0.15, 0.2) is 0 Å². The lowest BCUT2D eigenvalue weighted by atomic mass is 9.45. The van der Waals surface area contributed by atoms with E-state index in [1.165, 1.54) is 11.1 Å². The number of aldehydes is 1. The van der Waals surface area contributed by atoms with E-state index in [0.717, 1.165) is 67.1 Å². The van der Waals surface area contributed by atoms with Gasteiger partial charge in [0.25, 0.3) is 0 Å². The van der Waals surface area contributed by atoms with E-state index in [-0.39, 0.29) is 54.3 Å². The molecule has 0 amide bonds. The van der Waals surface area contributed by atoms with Gasteiger partial charge in [-0.25, -0.2) is 0 Å². The largest absolute Gasteiger partial charge is 0.396 e. The van der Waals surface area contributed by atoms with Gasteiger partial charge in [0.2, 0.25) is 0 Å². The Morgan fingerprint density at radius 3 is 2.65 bits per heavy atom. The van der Waals surface area contributed by atoms with E-state index in [1.807, 2.05) is 26.1 Å². The molecular formula is C50H72N2O8. The number of nitrogens with one attached hydrogen (secondary N) is 2. The van der Waals surface area contributed by atoms with Crippen LogP contribution >= 0.6 is 0 Å². The minimum Gasteiger partial charge on any atom is -0.396 e. The summed E-state index contributed by atoms with van der Waals surface area (Å²) in [5.74, 6) is -0.764. The van der Waals surface area contributed by atoms with E-state index < -0.39 is 30.1 Å². The van der Waals surface area contributed by atoms with Crippen LogP contribution in [0, 0.1) is 40.9 Å². The molecule has 4 aliphatic carbocycles. The quantitative estimate of drug-likeness (QED) is 0.0365. The third kappa shape index (κ3) is 9.63. The smallest absolute Gasteiger partial charge is 0.145 e. The van der Waals surface area contributed by atoms with Gasteiger partial charge in [0.1, 0.15) is 19.3 Å². The number of carbonyl (C=O) groups is 1. The van der Waals surface area contributed by atoms with Crippen LogP contribution in [0.5, 0.6) is 0 Å². The van der Waals surface area contributed by atoms with Crippen molar-refractivity contribution >= 4 is 6.29 Å². The number of aliphatic hydroxyl groups is 5. The third-order valence-corrected chi connectivity index (χ3v) is 15.0. The number of hydrogen-bond acceptors (Lipinski definition) is 10. The molecule has 0 aromatic heterocycles. The zero-order valence-electron chi connectivity index (χ0n) is 36.5. The van der Waals surface area contributed by atoms with Gasteiger partial charge < -0.3 is 40.3 Å². The lowest BCUT2D eigenvalue weighted by molar-refractivity contribution is -0.194. The second kappa shape index (κ2) is 20.4. The van der Waals surface area contributed by atoms with Crippen molar-refractivity contribution < 1.29 is 39.8 Å². The first kappa shape index (κ1) is 46.5. The second-order valence-corrected chi connectivity index (χ2v) is 18.7. The molecule has 60 heavy (non-hydrogen) atoms. The minimum atomic E-state index is -1.25. The van der Waals surface area contributed by atoms with Crippen LogP contribution in [0.2, 0.25) is 0 Å². The van der Waals surface area contributed by atoms with Crippen molar-refractivity contribution in [2.45, 2.75) is 108 Å². The van der Waals surface area contributed by atoms with Crippen molar-refractivity contribution in [3.63, 3.8) is 0 Å². The molecule has 6 bridgehead atoms. The van der Waals surface area contributed by atoms with Gasteiger partial charge in [-0.3, -0.25) is 10.1 Å². The molecule has 11 atom stereocenters. The van der Waals surface area contributed by atoms with E-state index in [2.05, 4.69) is 72.7 Å². The van der Waals surface area contributed by atoms with Crippen molar-refractivity contribution in [3.8, 4) is 0 Å². The molecule has 11 unspecified atom stereocenters. The molecule has 1 aromatic carbocycles. The predicted octanol–water partition coefficient (Wildman–Crippen LogP) is 5.65. The molecule has 330 valence electrons. The summed E-state index contributed by atoms with van der Waals surface area (Å²) in [4.78, 5) is 12.4. The highest BCUT2D eigenvalue weighted by Gasteiger charge is 2.68. The first-order valence-electron chi connectivity index (χ1n) is 22.3. The predicted molar refractivity (Wildman–Crippen MR) is 236 cm³/mol. The molecule has 0 radical (unpaired) electrons. The lowest BCUT2D eigenvalue weighted by Crippen LogP contribution is -2.65. The molecular weight excluding hydrogens is 757 g/mol. The fourth-order valence-electron chi connectivity index (χ4n) is 12.1. The van der Waals surface area contributed by atoms with Crippen molar-refractivity contribution in [2.75, 3.05) is 47.3 Å². The molecule has 5 aliphatic rings. The van der Waals surface area contributed by atoms with Crippen molar-refractivity contribution in [3.05, 3.63) is 106 Å². The van der Waals surface area contributed by atoms with Gasteiger partial charge in [-0.15, -0.1) is 0 Å². The van der Waals surface area contributed by atoms with E-state index >= 15 is 0 Å². The Labute approximate surface area is 358 Å². The second-order valence-electron chi connectivity index (χ2n) is 18.7. The average molecular weight is 829 g/mol. The van der Waals surface area contributed by atoms with Crippen LogP contribution in [0.25, 0.3) is 0 Å². The zero-order chi connectivity index (χ0) is 43.1. The van der Waals surface area contributed by atoms with Crippen LogP contribution in [0.4, 0.5) is 0 Å². The Morgan fingerprint density at radius 2 is 1.92 bits per heavy atom. The van der Waals surface area contributed by atoms with E-state index in [1.54, 1.807) is 7.11 Å². The van der Waals surface area contributed by atoms with Crippen LogP contribution in [0.1, 0.15) is 82.8 Å². The first-order chi connectivity index (χ1) is 28.9. The Hall–Kier alpha value is -3.03. The maximum atomic E-state index is 12.9. The van der Waals surface area contributed by atoms with Gasteiger partial charge in [-0.05, 0) is 150 Å². The van der Waals surface area contributed by atoms with Crippen LogP contribution in [0.15, 0.2) is 95.2 Å². The minimum absolute atomic E-state index is 0.0471. The van der Waals surface area contributed by atoms with Crippen molar-refractivity contribution in [1.82, 2.24) is 10.6 Å². The highest BCUT2D eigenvalue weighted by atomic mass is 16.6. The monoisotopic (exact) mass is 829 g/mol. The summed E-state index contributed by atoms with van der Waals surface area (Å²) in [5, 5.41) is 64.2. The molecule has 10 heteroatoms. The van der Waals surface area contributed by atoms with Crippen molar-refractivity contribution in [2.24, 2.45) is 40.9 Å². The lowest BCUT2D eigenvalue weighted by Gasteiger charge is -2.61. The summed E-state index contributed by atoms with van der Waals surface area (Å²) in [5.41, 5.74) is 4.26. The Bertz CT molecular complexity index is 1820. The summed E-state index contributed by atoms with van der Waals surface area (Å²) < 4.78 is 11.1. The van der Waals surface area contributed by atoms with Gasteiger partial charge in [-0.2, -0.15) is 0 Å². The number of allylic oxidation sites excluding steroid dienone is 9.